The number of hydrogen-bond donors (Lipinski definition) is 3. The number of amides is 2. The molecule has 2 aromatic rings. The monoisotopic (exact) mass is 349 g/mol. The molecule has 0 atom stereocenters. The maximum absolute atomic E-state index is 14.1. The molecular weight excluding hydrogens is 329 g/mol. The zero-order valence-corrected chi connectivity index (χ0v) is 14.2. The molecule has 25 heavy (non-hydrogen) atoms. The second-order valence-electron chi connectivity index (χ2n) is 6.26. The summed E-state index contributed by atoms with van der Waals surface area (Å²) < 4.78 is 19.1. The van der Waals surface area contributed by atoms with Crippen LogP contribution in [0.4, 0.5) is 14.9 Å². The first-order valence-electron chi connectivity index (χ1n) is 7.66. The van der Waals surface area contributed by atoms with Gasteiger partial charge in [-0.2, -0.15) is 5.10 Å². The molecule has 0 spiro atoms. The normalized spacial score (nSPS) is 11.0. The highest BCUT2D eigenvalue weighted by molar-refractivity contribution is 5.91. The summed E-state index contributed by atoms with van der Waals surface area (Å²) >= 11 is 0. The fraction of sp³-hybridized carbons (Fsp3) is 0.375. The fourth-order valence-electron chi connectivity index (χ4n) is 1.91. The first-order chi connectivity index (χ1) is 11.7. The SMILES string of the molecule is CC(C)(C)OC(=O)NCCC(=O)Nc1ccc(-c2ncn[nH]2)cc1F. The van der Waals surface area contributed by atoms with Crippen LogP contribution in [0.2, 0.25) is 0 Å². The number of H-pyrrole nitrogens is 1. The molecule has 0 fully saturated rings. The Kier molecular flexibility index (Phi) is 5.68. The quantitative estimate of drug-likeness (QED) is 0.768. The number of nitrogens with zero attached hydrogens (tertiary/aromatic N) is 2. The Labute approximate surface area is 144 Å². The van der Waals surface area contributed by atoms with Crippen LogP contribution in [0, 0.1) is 5.82 Å². The van der Waals surface area contributed by atoms with E-state index in [0.29, 0.717) is 11.4 Å². The number of ether oxygens (including phenoxy) is 1. The summed E-state index contributed by atoms with van der Waals surface area (Å²) in [7, 11) is 0. The third kappa shape index (κ3) is 5.87. The van der Waals surface area contributed by atoms with Crippen molar-refractivity contribution in [1.29, 1.82) is 0 Å². The Hall–Kier alpha value is -2.97. The number of aromatic amines is 1. The van der Waals surface area contributed by atoms with Crippen LogP contribution in [0.1, 0.15) is 27.2 Å². The van der Waals surface area contributed by atoms with Crippen molar-refractivity contribution in [1.82, 2.24) is 20.5 Å². The second kappa shape index (κ2) is 7.73. The first-order valence-corrected chi connectivity index (χ1v) is 7.66. The van der Waals surface area contributed by atoms with Gasteiger partial charge in [0.15, 0.2) is 5.82 Å². The van der Waals surface area contributed by atoms with Crippen LogP contribution in [-0.2, 0) is 9.53 Å². The molecule has 2 rings (SSSR count). The number of carbonyl (C=O) groups excluding carboxylic acids is 2. The number of rotatable bonds is 5. The van der Waals surface area contributed by atoms with Gasteiger partial charge in [-0.25, -0.2) is 14.2 Å². The molecule has 0 aliphatic heterocycles. The van der Waals surface area contributed by atoms with E-state index < -0.39 is 23.4 Å². The lowest BCUT2D eigenvalue weighted by Crippen LogP contribution is -2.34. The van der Waals surface area contributed by atoms with Gasteiger partial charge in [0.05, 0.1) is 5.69 Å². The average molecular weight is 349 g/mol. The molecule has 0 saturated carbocycles. The van der Waals surface area contributed by atoms with Crippen LogP contribution in [0.25, 0.3) is 11.4 Å². The maximum Gasteiger partial charge on any atom is 0.407 e. The van der Waals surface area contributed by atoms with Crippen molar-refractivity contribution in [3.63, 3.8) is 0 Å². The van der Waals surface area contributed by atoms with E-state index >= 15 is 0 Å². The number of anilines is 1. The average Bonchev–Trinajstić information content (AvgIpc) is 3.01. The maximum atomic E-state index is 14.1. The summed E-state index contributed by atoms with van der Waals surface area (Å²) in [6.45, 7) is 5.30. The number of nitrogens with one attached hydrogen (secondary N) is 3. The molecule has 0 aliphatic rings. The molecule has 134 valence electrons. The number of benzene rings is 1. The minimum atomic E-state index is -0.610. The van der Waals surface area contributed by atoms with Crippen molar-refractivity contribution in [2.75, 3.05) is 11.9 Å². The zero-order chi connectivity index (χ0) is 18.4. The van der Waals surface area contributed by atoms with Crippen molar-refractivity contribution in [2.45, 2.75) is 32.8 Å². The lowest BCUT2D eigenvalue weighted by Gasteiger charge is -2.19. The highest BCUT2D eigenvalue weighted by Crippen LogP contribution is 2.21. The molecule has 1 aromatic heterocycles. The van der Waals surface area contributed by atoms with E-state index in [9.17, 15) is 14.0 Å². The van der Waals surface area contributed by atoms with E-state index in [4.69, 9.17) is 4.74 Å². The van der Waals surface area contributed by atoms with Crippen LogP contribution < -0.4 is 10.6 Å². The molecule has 9 heteroatoms. The van der Waals surface area contributed by atoms with Crippen LogP contribution in [0.15, 0.2) is 24.5 Å². The molecule has 1 aromatic carbocycles. The molecule has 0 bridgehead atoms. The fourth-order valence-corrected chi connectivity index (χ4v) is 1.91. The van der Waals surface area contributed by atoms with Crippen molar-refractivity contribution >= 4 is 17.7 Å². The standard InChI is InChI=1S/C16H20FN5O3/c1-16(2,3)25-15(24)18-7-6-13(23)21-12-5-4-10(8-11(12)17)14-19-9-20-22-14/h4-5,8-9H,6-7H2,1-3H3,(H,18,24)(H,21,23)(H,19,20,22). The predicted octanol–water partition coefficient (Wildman–Crippen LogP) is 2.46. The van der Waals surface area contributed by atoms with E-state index in [2.05, 4.69) is 25.8 Å². The van der Waals surface area contributed by atoms with E-state index in [-0.39, 0.29) is 18.7 Å². The first kappa shape index (κ1) is 18.4. The molecule has 0 unspecified atom stereocenters. The van der Waals surface area contributed by atoms with Gasteiger partial charge in [-0.1, -0.05) is 0 Å². The van der Waals surface area contributed by atoms with Gasteiger partial charge in [0, 0.05) is 18.5 Å². The van der Waals surface area contributed by atoms with E-state index in [1.807, 2.05) is 0 Å². The highest BCUT2D eigenvalue weighted by atomic mass is 19.1. The van der Waals surface area contributed by atoms with Crippen LogP contribution in [0.5, 0.6) is 0 Å². The number of aromatic nitrogens is 3. The third-order valence-electron chi connectivity index (χ3n) is 2.95. The minimum Gasteiger partial charge on any atom is -0.444 e. The summed E-state index contributed by atoms with van der Waals surface area (Å²) in [6, 6.07) is 4.29. The Balaban J connectivity index is 1.83. The van der Waals surface area contributed by atoms with Crippen molar-refractivity contribution in [3.8, 4) is 11.4 Å². The molecule has 3 N–H and O–H groups in total. The number of carbonyl (C=O) groups is 2. The molecule has 1 heterocycles. The molecular formula is C16H20FN5O3. The summed E-state index contributed by atoms with van der Waals surface area (Å²) in [4.78, 5) is 27.2. The topological polar surface area (TPSA) is 109 Å². The highest BCUT2D eigenvalue weighted by Gasteiger charge is 2.16. The number of alkyl carbamates (subject to hydrolysis) is 1. The Morgan fingerprint density at radius 2 is 2.08 bits per heavy atom. The van der Waals surface area contributed by atoms with Gasteiger partial charge >= 0.3 is 6.09 Å². The van der Waals surface area contributed by atoms with E-state index in [1.54, 1.807) is 26.8 Å². The lowest BCUT2D eigenvalue weighted by molar-refractivity contribution is -0.116. The smallest absolute Gasteiger partial charge is 0.407 e. The van der Waals surface area contributed by atoms with Gasteiger partial charge in [-0.3, -0.25) is 9.89 Å². The van der Waals surface area contributed by atoms with Gasteiger partial charge in [0.1, 0.15) is 17.7 Å². The Morgan fingerprint density at radius 1 is 1.32 bits per heavy atom. The molecule has 8 nitrogen and oxygen atoms in total. The molecule has 0 saturated heterocycles. The van der Waals surface area contributed by atoms with Crippen molar-refractivity contribution < 1.29 is 18.7 Å². The minimum absolute atomic E-state index is 0.0114. The van der Waals surface area contributed by atoms with Gasteiger partial charge in [-0.15, -0.1) is 0 Å². The van der Waals surface area contributed by atoms with Crippen molar-refractivity contribution in [2.24, 2.45) is 0 Å². The van der Waals surface area contributed by atoms with Gasteiger partial charge < -0.3 is 15.4 Å². The Bertz CT molecular complexity index is 741. The van der Waals surface area contributed by atoms with Gasteiger partial charge in [-0.05, 0) is 39.0 Å². The van der Waals surface area contributed by atoms with E-state index in [0.717, 1.165) is 0 Å². The lowest BCUT2D eigenvalue weighted by atomic mass is 10.2. The van der Waals surface area contributed by atoms with Crippen LogP contribution >= 0.6 is 0 Å². The molecule has 0 radical (unpaired) electrons. The van der Waals surface area contributed by atoms with E-state index in [1.165, 1.54) is 18.5 Å². The van der Waals surface area contributed by atoms with Gasteiger partial charge in [0.25, 0.3) is 0 Å². The van der Waals surface area contributed by atoms with Gasteiger partial charge in [0.2, 0.25) is 5.91 Å². The third-order valence-corrected chi connectivity index (χ3v) is 2.95. The number of halogens is 1. The largest absolute Gasteiger partial charge is 0.444 e. The summed E-state index contributed by atoms with van der Waals surface area (Å²) in [5, 5.41) is 11.2. The molecule has 2 amide bonds. The molecule has 0 aliphatic carbocycles. The summed E-state index contributed by atoms with van der Waals surface area (Å²) in [5.41, 5.74) is -0.0501. The number of hydrogen-bond acceptors (Lipinski definition) is 5. The van der Waals surface area contributed by atoms with Crippen LogP contribution in [0.3, 0.4) is 0 Å². The van der Waals surface area contributed by atoms with Crippen LogP contribution in [-0.4, -0.2) is 39.3 Å². The second-order valence-corrected chi connectivity index (χ2v) is 6.26. The predicted molar refractivity (Wildman–Crippen MR) is 89.3 cm³/mol. The summed E-state index contributed by atoms with van der Waals surface area (Å²) in [5.74, 6) is -0.594. The Morgan fingerprint density at radius 3 is 2.68 bits per heavy atom. The zero-order valence-electron chi connectivity index (χ0n) is 14.2. The van der Waals surface area contributed by atoms with Crippen molar-refractivity contribution in [3.05, 3.63) is 30.3 Å². The summed E-state index contributed by atoms with van der Waals surface area (Å²) in [6.07, 6.45) is 0.700.